The molecule has 0 spiro atoms. The third-order valence-electron chi connectivity index (χ3n) is 3.07. The lowest BCUT2D eigenvalue weighted by Gasteiger charge is -2.19. The van der Waals surface area contributed by atoms with Gasteiger partial charge in [-0.3, -0.25) is 4.79 Å². The molecule has 0 saturated heterocycles. The lowest BCUT2D eigenvalue weighted by molar-refractivity contribution is 0.100. The van der Waals surface area contributed by atoms with Crippen LogP contribution >= 0.6 is 15.9 Å². The second-order valence-electron chi connectivity index (χ2n) is 4.48. The maximum Gasteiger partial charge on any atom is 0.196 e. The zero-order valence-electron chi connectivity index (χ0n) is 10.4. The summed E-state index contributed by atoms with van der Waals surface area (Å²) in [5.74, 6) is 0.235. The summed E-state index contributed by atoms with van der Waals surface area (Å²) in [6, 6.07) is 11.3. The van der Waals surface area contributed by atoms with Crippen molar-refractivity contribution in [2.24, 2.45) is 0 Å². The number of ether oxygens (including phenoxy) is 1. The second-order valence-corrected chi connectivity index (χ2v) is 5.40. The first-order valence-electron chi connectivity index (χ1n) is 6.07. The van der Waals surface area contributed by atoms with Gasteiger partial charge in [-0.15, -0.1) is 0 Å². The van der Waals surface area contributed by atoms with Crippen molar-refractivity contribution in [3.05, 3.63) is 69.5 Å². The van der Waals surface area contributed by atoms with Gasteiger partial charge < -0.3 is 4.74 Å². The first kappa shape index (κ1) is 13.1. The highest BCUT2D eigenvalue weighted by Crippen LogP contribution is 2.30. The fraction of sp³-hybridized carbons (Fsp3) is 0.0625. The molecule has 0 fully saturated rings. The molecule has 2 nitrogen and oxygen atoms in total. The first-order chi connectivity index (χ1) is 9.63. The van der Waals surface area contributed by atoms with E-state index in [-0.39, 0.29) is 18.2 Å². The Kier molecular flexibility index (Phi) is 3.40. The van der Waals surface area contributed by atoms with Crippen LogP contribution in [0.5, 0.6) is 5.75 Å². The molecule has 100 valence electrons. The van der Waals surface area contributed by atoms with Gasteiger partial charge >= 0.3 is 0 Å². The van der Waals surface area contributed by atoms with E-state index in [4.69, 9.17) is 4.74 Å². The molecule has 1 aliphatic heterocycles. The Morgan fingerprint density at radius 2 is 1.90 bits per heavy atom. The normalized spacial score (nSPS) is 15.9. The lowest BCUT2D eigenvalue weighted by Crippen LogP contribution is -2.18. The van der Waals surface area contributed by atoms with Crippen LogP contribution in [-0.2, 0) is 0 Å². The molecule has 0 saturated carbocycles. The summed E-state index contributed by atoms with van der Waals surface area (Å²) in [5, 5.41) is 0. The van der Waals surface area contributed by atoms with E-state index in [0.717, 1.165) is 10.0 Å². The quantitative estimate of drug-likeness (QED) is 0.730. The van der Waals surface area contributed by atoms with E-state index < -0.39 is 0 Å². The molecular formula is C16H10BrFO2. The molecule has 4 heteroatoms. The molecule has 1 heterocycles. The van der Waals surface area contributed by atoms with Crippen molar-refractivity contribution in [1.82, 2.24) is 0 Å². The predicted octanol–water partition coefficient (Wildman–Crippen LogP) is 4.25. The molecule has 2 aromatic carbocycles. The standard InChI is InChI=1S/C16H10BrFO2/c17-12-3-6-15-14(8-12)16(19)11(9-20-15)7-10-1-4-13(18)5-2-10/h1-8H,9H2. The van der Waals surface area contributed by atoms with Gasteiger partial charge in [0.1, 0.15) is 18.2 Å². The summed E-state index contributed by atoms with van der Waals surface area (Å²) in [7, 11) is 0. The van der Waals surface area contributed by atoms with E-state index in [1.807, 2.05) is 6.07 Å². The van der Waals surface area contributed by atoms with Crippen molar-refractivity contribution in [2.75, 3.05) is 6.61 Å². The fourth-order valence-corrected chi connectivity index (χ4v) is 2.43. The third-order valence-corrected chi connectivity index (χ3v) is 3.57. The van der Waals surface area contributed by atoms with E-state index in [9.17, 15) is 9.18 Å². The van der Waals surface area contributed by atoms with Crippen LogP contribution in [0.15, 0.2) is 52.5 Å². The number of rotatable bonds is 1. The number of hydrogen-bond donors (Lipinski definition) is 0. The molecule has 2 aromatic rings. The number of Topliss-reactive ketones (excluding diaryl/α,β-unsaturated/α-hetero) is 1. The molecule has 0 bridgehead atoms. The molecule has 20 heavy (non-hydrogen) atoms. The van der Waals surface area contributed by atoms with Crippen molar-refractivity contribution in [3.8, 4) is 5.75 Å². The van der Waals surface area contributed by atoms with Crippen LogP contribution < -0.4 is 4.74 Å². The Labute approximate surface area is 124 Å². The minimum atomic E-state index is -0.298. The zero-order chi connectivity index (χ0) is 14.1. The average molecular weight is 333 g/mol. The van der Waals surface area contributed by atoms with E-state index in [1.165, 1.54) is 12.1 Å². The lowest BCUT2D eigenvalue weighted by atomic mass is 9.98. The van der Waals surface area contributed by atoms with Crippen LogP contribution in [-0.4, -0.2) is 12.4 Å². The summed E-state index contributed by atoms with van der Waals surface area (Å²) in [4.78, 5) is 12.4. The number of fused-ring (bicyclic) bond motifs is 1. The summed E-state index contributed by atoms with van der Waals surface area (Å²) >= 11 is 3.34. The molecule has 3 rings (SSSR count). The Morgan fingerprint density at radius 1 is 1.15 bits per heavy atom. The van der Waals surface area contributed by atoms with Gasteiger partial charge in [-0.1, -0.05) is 28.1 Å². The van der Waals surface area contributed by atoms with Crippen molar-refractivity contribution in [2.45, 2.75) is 0 Å². The predicted molar refractivity (Wildman–Crippen MR) is 78.3 cm³/mol. The van der Waals surface area contributed by atoms with Crippen LogP contribution in [0.25, 0.3) is 6.08 Å². The van der Waals surface area contributed by atoms with Gasteiger partial charge in [-0.05, 0) is 42.0 Å². The Morgan fingerprint density at radius 3 is 2.65 bits per heavy atom. The average Bonchev–Trinajstić information content (AvgIpc) is 2.45. The largest absolute Gasteiger partial charge is 0.488 e. The van der Waals surface area contributed by atoms with E-state index >= 15 is 0 Å². The maximum atomic E-state index is 12.9. The third kappa shape index (κ3) is 2.51. The van der Waals surface area contributed by atoms with Crippen molar-refractivity contribution in [3.63, 3.8) is 0 Å². The summed E-state index contributed by atoms with van der Waals surface area (Å²) < 4.78 is 19.3. The molecule has 0 radical (unpaired) electrons. The number of carbonyl (C=O) groups is 1. The monoisotopic (exact) mass is 332 g/mol. The molecule has 0 aliphatic carbocycles. The topological polar surface area (TPSA) is 26.3 Å². The van der Waals surface area contributed by atoms with Crippen molar-refractivity contribution in [1.29, 1.82) is 0 Å². The Hall–Kier alpha value is -1.94. The number of carbonyl (C=O) groups excluding carboxylic acids is 1. The van der Waals surface area contributed by atoms with Crippen molar-refractivity contribution < 1.29 is 13.9 Å². The summed E-state index contributed by atoms with van der Waals surface area (Å²) in [6.45, 7) is 0.227. The van der Waals surface area contributed by atoms with Crippen LogP contribution in [0.1, 0.15) is 15.9 Å². The van der Waals surface area contributed by atoms with Crippen molar-refractivity contribution >= 4 is 27.8 Å². The highest BCUT2D eigenvalue weighted by Gasteiger charge is 2.23. The molecule has 0 aromatic heterocycles. The minimum Gasteiger partial charge on any atom is -0.488 e. The number of halogens is 2. The van der Waals surface area contributed by atoms with E-state index in [0.29, 0.717) is 16.9 Å². The Balaban J connectivity index is 1.97. The SMILES string of the molecule is O=C1C(=Cc2ccc(F)cc2)COc2ccc(Br)cc21. The highest BCUT2D eigenvalue weighted by atomic mass is 79.9. The highest BCUT2D eigenvalue weighted by molar-refractivity contribution is 9.10. The molecule has 0 unspecified atom stereocenters. The van der Waals surface area contributed by atoms with Crippen LogP contribution in [0.2, 0.25) is 0 Å². The smallest absolute Gasteiger partial charge is 0.196 e. The number of benzene rings is 2. The molecular weight excluding hydrogens is 323 g/mol. The van der Waals surface area contributed by atoms with Gasteiger partial charge in [0.05, 0.1) is 5.56 Å². The maximum absolute atomic E-state index is 12.9. The number of hydrogen-bond acceptors (Lipinski definition) is 2. The van der Waals surface area contributed by atoms with Crippen LogP contribution in [0.3, 0.4) is 0 Å². The first-order valence-corrected chi connectivity index (χ1v) is 6.86. The minimum absolute atomic E-state index is 0.0584. The van der Waals surface area contributed by atoms with E-state index in [2.05, 4.69) is 15.9 Å². The van der Waals surface area contributed by atoms with Gasteiger partial charge in [0, 0.05) is 10.0 Å². The molecule has 1 aliphatic rings. The van der Waals surface area contributed by atoms with Gasteiger partial charge in [-0.25, -0.2) is 4.39 Å². The zero-order valence-corrected chi connectivity index (χ0v) is 12.0. The van der Waals surface area contributed by atoms with Gasteiger partial charge in [0.25, 0.3) is 0 Å². The van der Waals surface area contributed by atoms with Gasteiger partial charge in [-0.2, -0.15) is 0 Å². The second kappa shape index (κ2) is 5.21. The summed E-state index contributed by atoms with van der Waals surface area (Å²) in [6.07, 6.45) is 1.73. The number of ketones is 1. The van der Waals surface area contributed by atoms with Gasteiger partial charge in [0.2, 0.25) is 0 Å². The molecule has 0 amide bonds. The molecule has 0 atom stereocenters. The van der Waals surface area contributed by atoms with Crippen LogP contribution in [0, 0.1) is 5.82 Å². The van der Waals surface area contributed by atoms with Crippen LogP contribution in [0.4, 0.5) is 4.39 Å². The van der Waals surface area contributed by atoms with E-state index in [1.54, 1.807) is 30.3 Å². The fourth-order valence-electron chi connectivity index (χ4n) is 2.07. The summed E-state index contributed by atoms with van der Waals surface area (Å²) in [5.41, 5.74) is 1.87. The molecule has 0 N–H and O–H groups in total. The van der Waals surface area contributed by atoms with Gasteiger partial charge in [0.15, 0.2) is 5.78 Å². The Bertz CT molecular complexity index is 705.